The van der Waals surface area contributed by atoms with Gasteiger partial charge < -0.3 is 15.1 Å². The van der Waals surface area contributed by atoms with Crippen molar-refractivity contribution >= 4 is 42.1 Å². The van der Waals surface area contributed by atoms with Gasteiger partial charge in [0, 0.05) is 30.4 Å². The molecule has 0 radical (unpaired) electrons. The Bertz CT molecular complexity index is 400. The summed E-state index contributed by atoms with van der Waals surface area (Å²) in [6, 6.07) is 4.15. The van der Waals surface area contributed by atoms with Crippen molar-refractivity contribution in [3.8, 4) is 0 Å². The zero-order valence-electron chi connectivity index (χ0n) is 14.6. The Kier molecular flexibility index (Phi) is 15.2. The summed E-state index contributed by atoms with van der Waals surface area (Å²) in [7, 11) is 1.89. The molecule has 7 heteroatoms. The van der Waals surface area contributed by atoms with Crippen LogP contribution in [0.2, 0.25) is 0 Å². The molecular weight excluding hydrogens is 353 g/mol. The number of rotatable bonds is 10. The third kappa shape index (κ3) is 8.91. The summed E-state index contributed by atoms with van der Waals surface area (Å²) in [5, 5.41) is 5.16. The predicted molar refractivity (Wildman–Crippen MR) is 105 cm³/mol. The average molecular weight is 384 g/mol. The van der Waals surface area contributed by atoms with Crippen LogP contribution < -0.4 is 5.32 Å². The molecule has 0 aliphatic heterocycles. The molecule has 1 atom stereocenters. The molecule has 0 spiro atoms. The molecular formula is C16H31Cl2N3OS. The number of likely N-dealkylation sites (N-methyl/N-ethyl adjacent to an activating group) is 1. The zero-order chi connectivity index (χ0) is 15.7. The second-order valence-electron chi connectivity index (χ2n) is 5.32. The van der Waals surface area contributed by atoms with Crippen molar-refractivity contribution in [2.24, 2.45) is 5.92 Å². The Labute approximate surface area is 157 Å². The molecule has 1 aromatic rings. The van der Waals surface area contributed by atoms with E-state index in [-0.39, 0.29) is 36.6 Å². The number of carbonyl (C=O) groups is 1. The van der Waals surface area contributed by atoms with Crippen LogP contribution in [0, 0.1) is 5.92 Å². The third-order valence-electron chi connectivity index (χ3n) is 3.75. The van der Waals surface area contributed by atoms with Gasteiger partial charge in [0.05, 0.1) is 6.54 Å². The molecule has 23 heavy (non-hydrogen) atoms. The Morgan fingerprint density at radius 1 is 1.26 bits per heavy atom. The van der Waals surface area contributed by atoms with Crippen LogP contribution in [-0.4, -0.2) is 55.5 Å². The standard InChI is InChI=1S/C16H29N3OS.2ClH/c1-5-18(6-2)9-10-19(13-15-8-7-11-21-15)16(20)14(3)12-17-4;;/h7-8,11,14,17H,5-6,9-10,12-13H2,1-4H3;2*1H. The number of amides is 1. The summed E-state index contributed by atoms with van der Waals surface area (Å²) in [6.07, 6.45) is 0. The SMILES string of the molecule is CCN(CC)CCN(Cc1cccs1)C(=O)C(C)CNC.Cl.Cl. The van der Waals surface area contributed by atoms with Gasteiger partial charge in [-0.1, -0.05) is 26.8 Å². The highest BCUT2D eigenvalue weighted by Gasteiger charge is 2.20. The predicted octanol–water partition coefficient (Wildman–Crippen LogP) is 3.12. The number of halogens is 2. The maximum atomic E-state index is 12.6. The van der Waals surface area contributed by atoms with Gasteiger partial charge in [-0.3, -0.25) is 4.79 Å². The molecule has 1 N–H and O–H groups in total. The van der Waals surface area contributed by atoms with Gasteiger partial charge in [-0.05, 0) is 31.6 Å². The first-order chi connectivity index (χ1) is 10.1. The summed E-state index contributed by atoms with van der Waals surface area (Å²) in [5.74, 6) is 0.261. The summed E-state index contributed by atoms with van der Waals surface area (Å²) in [5.41, 5.74) is 0. The van der Waals surface area contributed by atoms with E-state index < -0.39 is 0 Å². The van der Waals surface area contributed by atoms with Crippen LogP contribution in [-0.2, 0) is 11.3 Å². The van der Waals surface area contributed by atoms with E-state index in [0.29, 0.717) is 0 Å². The minimum absolute atomic E-state index is 0. The summed E-state index contributed by atoms with van der Waals surface area (Å²) < 4.78 is 0. The van der Waals surface area contributed by atoms with Gasteiger partial charge in [0.15, 0.2) is 0 Å². The van der Waals surface area contributed by atoms with Crippen LogP contribution in [0.5, 0.6) is 0 Å². The molecule has 136 valence electrons. The lowest BCUT2D eigenvalue weighted by atomic mass is 10.1. The Hall–Kier alpha value is -0.330. The average Bonchev–Trinajstić information content (AvgIpc) is 2.99. The molecule has 0 fully saturated rings. The lowest BCUT2D eigenvalue weighted by Gasteiger charge is -2.28. The molecule has 0 aromatic carbocycles. The molecule has 0 aliphatic rings. The summed E-state index contributed by atoms with van der Waals surface area (Å²) >= 11 is 1.72. The molecule has 0 bridgehead atoms. The lowest BCUT2D eigenvalue weighted by molar-refractivity contribution is -0.135. The summed E-state index contributed by atoms with van der Waals surface area (Å²) in [6.45, 7) is 11.6. The van der Waals surface area contributed by atoms with Crippen LogP contribution in [0.3, 0.4) is 0 Å². The first-order valence-corrected chi connectivity index (χ1v) is 8.68. The van der Waals surface area contributed by atoms with Crippen LogP contribution >= 0.6 is 36.2 Å². The van der Waals surface area contributed by atoms with Crippen LogP contribution in [0.4, 0.5) is 0 Å². The van der Waals surface area contributed by atoms with E-state index in [1.165, 1.54) is 4.88 Å². The van der Waals surface area contributed by atoms with Crippen molar-refractivity contribution in [1.29, 1.82) is 0 Å². The van der Waals surface area contributed by atoms with E-state index in [0.717, 1.165) is 39.3 Å². The van der Waals surface area contributed by atoms with Gasteiger partial charge in [0.1, 0.15) is 0 Å². The van der Waals surface area contributed by atoms with Crippen molar-refractivity contribution in [3.63, 3.8) is 0 Å². The van der Waals surface area contributed by atoms with Crippen LogP contribution in [0.1, 0.15) is 25.6 Å². The van der Waals surface area contributed by atoms with E-state index >= 15 is 0 Å². The normalized spacial score (nSPS) is 11.5. The van der Waals surface area contributed by atoms with Gasteiger partial charge >= 0.3 is 0 Å². The van der Waals surface area contributed by atoms with E-state index in [4.69, 9.17) is 0 Å². The maximum absolute atomic E-state index is 12.6. The maximum Gasteiger partial charge on any atom is 0.227 e. The minimum Gasteiger partial charge on any atom is -0.336 e. The number of nitrogens with one attached hydrogen (secondary N) is 1. The third-order valence-corrected chi connectivity index (χ3v) is 4.61. The van der Waals surface area contributed by atoms with E-state index in [1.54, 1.807) is 11.3 Å². The number of hydrogen-bond acceptors (Lipinski definition) is 4. The first kappa shape index (κ1) is 24.9. The molecule has 1 heterocycles. The van der Waals surface area contributed by atoms with E-state index in [2.05, 4.69) is 35.5 Å². The number of carbonyl (C=O) groups excluding carboxylic acids is 1. The smallest absolute Gasteiger partial charge is 0.227 e. The zero-order valence-corrected chi connectivity index (χ0v) is 17.0. The fourth-order valence-electron chi connectivity index (χ4n) is 2.36. The monoisotopic (exact) mass is 383 g/mol. The quantitative estimate of drug-likeness (QED) is 0.673. The largest absolute Gasteiger partial charge is 0.336 e. The van der Waals surface area contributed by atoms with Crippen molar-refractivity contribution in [2.75, 3.05) is 39.8 Å². The van der Waals surface area contributed by atoms with Gasteiger partial charge in [-0.2, -0.15) is 0 Å². The molecule has 1 amide bonds. The lowest BCUT2D eigenvalue weighted by Crippen LogP contribution is -2.42. The molecule has 0 saturated heterocycles. The highest BCUT2D eigenvalue weighted by atomic mass is 35.5. The van der Waals surface area contributed by atoms with Gasteiger partial charge in [-0.25, -0.2) is 0 Å². The second-order valence-corrected chi connectivity index (χ2v) is 6.36. The van der Waals surface area contributed by atoms with Crippen molar-refractivity contribution in [3.05, 3.63) is 22.4 Å². The molecule has 1 aromatic heterocycles. The van der Waals surface area contributed by atoms with Crippen LogP contribution in [0.15, 0.2) is 17.5 Å². The first-order valence-electron chi connectivity index (χ1n) is 7.80. The molecule has 0 aliphatic carbocycles. The van der Waals surface area contributed by atoms with Crippen molar-refractivity contribution in [1.82, 2.24) is 15.1 Å². The number of thiophene rings is 1. The van der Waals surface area contributed by atoms with E-state index in [9.17, 15) is 4.79 Å². The highest BCUT2D eigenvalue weighted by molar-refractivity contribution is 7.09. The van der Waals surface area contributed by atoms with Gasteiger partial charge in [-0.15, -0.1) is 36.2 Å². The Morgan fingerprint density at radius 2 is 1.91 bits per heavy atom. The molecule has 0 saturated carbocycles. The Balaban J connectivity index is 0. The Morgan fingerprint density at radius 3 is 2.39 bits per heavy atom. The van der Waals surface area contributed by atoms with Crippen LogP contribution in [0.25, 0.3) is 0 Å². The second kappa shape index (κ2) is 14.1. The number of nitrogens with zero attached hydrogens (tertiary/aromatic N) is 2. The number of hydrogen-bond donors (Lipinski definition) is 1. The van der Waals surface area contributed by atoms with Crippen molar-refractivity contribution in [2.45, 2.75) is 27.3 Å². The van der Waals surface area contributed by atoms with Gasteiger partial charge in [0.2, 0.25) is 5.91 Å². The van der Waals surface area contributed by atoms with E-state index in [1.807, 2.05) is 24.9 Å². The summed E-state index contributed by atoms with van der Waals surface area (Å²) in [4.78, 5) is 18.2. The topological polar surface area (TPSA) is 35.6 Å². The molecule has 1 unspecified atom stereocenters. The highest BCUT2D eigenvalue weighted by Crippen LogP contribution is 2.14. The van der Waals surface area contributed by atoms with Gasteiger partial charge in [0.25, 0.3) is 0 Å². The minimum atomic E-state index is 0. The molecule has 1 rings (SSSR count). The van der Waals surface area contributed by atoms with Crippen molar-refractivity contribution < 1.29 is 4.79 Å². The molecule has 4 nitrogen and oxygen atoms in total. The fourth-order valence-corrected chi connectivity index (χ4v) is 3.08. The fraction of sp³-hybridized carbons (Fsp3) is 0.688.